The number of H-pyrrole nitrogens is 1. The lowest BCUT2D eigenvalue weighted by Crippen LogP contribution is -2.34. The van der Waals surface area contributed by atoms with Crippen molar-refractivity contribution in [2.24, 2.45) is 0 Å². The normalized spacial score (nSPS) is 12.0. The first kappa shape index (κ1) is 17.8. The molecule has 2 aromatic heterocycles. The standard InChI is InChI=1S/C18H24N4O2/c1-11-6-5-9-19-16(11)10-12(2)20-17(23)8-7-15-13(3)21-18(24)22-14(15)4/h5-6,9,12H,7-8,10H2,1-4H3,(H,20,23)(H,21,22,24)/t12-/m0/s1. The first-order valence-corrected chi connectivity index (χ1v) is 8.13. The maximum absolute atomic E-state index is 12.2. The molecule has 0 unspecified atom stereocenters. The van der Waals surface area contributed by atoms with E-state index in [1.54, 1.807) is 13.1 Å². The van der Waals surface area contributed by atoms with Crippen LogP contribution in [0.2, 0.25) is 0 Å². The summed E-state index contributed by atoms with van der Waals surface area (Å²) < 4.78 is 0. The van der Waals surface area contributed by atoms with Crippen LogP contribution >= 0.6 is 0 Å². The number of nitrogens with one attached hydrogen (secondary N) is 2. The minimum absolute atomic E-state index is 0.0129. The molecule has 6 nitrogen and oxygen atoms in total. The second kappa shape index (κ2) is 7.86. The number of aromatic nitrogens is 3. The Balaban J connectivity index is 1.90. The molecule has 0 saturated heterocycles. The number of carbonyl (C=O) groups is 1. The van der Waals surface area contributed by atoms with Crippen molar-refractivity contribution in [3.05, 3.63) is 57.0 Å². The van der Waals surface area contributed by atoms with Gasteiger partial charge in [-0.2, -0.15) is 4.98 Å². The molecule has 0 aliphatic heterocycles. The van der Waals surface area contributed by atoms with E-state index < -0.39 is 0 Å². The van der Waals surface area contributed by atoms with E-state index in [4.69, 9.17) is 0 Å². The summed E-state index contributed by atoms with van der Waals surface area (Å²) in [7, 11) is 0. The smallest absolute Gasteiger partial charge is 0.345 e. The maximum atomic E-state index is 12.2. The lowest BCUT2D eigenvalue weighted by Gasteiger charge is -2.15. The summed E-state index contributed by atoms with van der Waals surface area (Å²) in [4.78, 5) is 34.4. The molecule has 6 heteroatoms. The number of amides is 1. The van der Waals surface area contributed by atoms with E-state index in [1.165, 1.54) is 0 Å². The molecule has 24 heavy (non-hydrogen) atoms. The van der Waals surface area contributed by atoms with E-state index in [0.29, 0.717) is 25.0 Å². The fourth-order valence-corrected chi connectivity index (χ4v) is 2.78. The van der Waals surface area contributed by atoms with Crippen LogP contribution < -0.4 is 11.0 Å². The van der Waals surface area contributed by atoms with Crippen LogP contribution in [-0.2, 0) is 17.6 Å². The Labute approximate surface area is 141 Å². The van der Waals surface area contributed by atoms with Gasteiger partial charge in [0.15, 0.2) is 0 Å². The van der Waals surface area contributed by atoms with Gasteiger partial charge in [0, 0.05) is 42.2 Å². The summed E-state index contributed by atoms with van der Waals surface area (Å²) in [6, 6.07) is 3.94. The van der Waals surface area contributed by atoms with Crippen LogP contribution in [0.5, 0.6) is 0 Å². The molecule has 0 saturated carbocycles. The van der Waals surface area contributed by atoms with E-state index in [2.05, 4.69) is 20.3 Å². The van der Waals surface area contributed by atoms with Gasteiger partial charge in [-0.1, -0.05) is 6.07 Å². The van der Waals surface area contributed by atoms with Gasteiger partial charge in [0.25, 0.3) is 0 Å². The summed E-state index contributed by atoms with van der Waals surface area (Å²) >= 11 is 0. The summed E-state index contributed by atoms with van der Waals surface area (Å²) in [5, 5.41) is 3.00. The van der Waals surface area contributed by atoms with Gasteiger partial charge in [-0.05, 0) is 51.3 Å². The van der Waals surface area contributed by atoms with E-state index in [0.717, 1.165) is 22.5 Å². The predicted molar refractivity (Wildman–Crippen MR) is 92.9 cm³/mol. The summed E-state index contributed by atoms with van der Waals surface area (Å²) in [6.45, 7) is 7.62. The first-order valence-electron chi connectivity index (χ1n) is 8.13. The van der Waals surface area contributed by atoms with Crippen molar-refractivity contribution in [2.75, 3.05) is 0 Å². The zero-order chi connectivity index (χ0) is 17.7. The number of hydrogen-bond acceptors (Lipinski definition) is 4. The van der Waals surface area contributed by atoms with Crippen LogP contribution in [-0.4, -0.2) is 26.9 Å². The fourth-order valence-electron chi connectivity index (χ4n) is 2.78. The Kier molecular flexibility index (Phi) is 5.84. The average Bonchev–Trinajstić information content (AvgIpc) is 2.48. The molecular weight excluding hydrogens is 304 g/mol. The molecule has 0 spiro atoms. The second-order valence-corrected chi connectivity index (χ2v) is 6.17. The summed E-state index contributed by atoms with van der Waals surface area (Å²) in [5.41, 5.74) is 4.17. The molecule has 2 N–H and O–H groups in total. The van der Waals surface area contributed by atoms with Crippen molar-refractivity contribution < 1.29 is 4.79 Å². The zero-order valence-electron chi connectivity index (χ0n) is 14.6. The molecular formula is C18H24N4O2. The van der Waals surface area contributed by atoms with Crippen LogP contribution in [0, 0.1) is 20.8 Å². The molecule has 0 aliphatic carbocycles. The van der Waals surface area contributed by atoms with Crippen molar-refractivity contribution in [1.29, 1.82) is 0 Å². The maximum Gasteiger partial charge on any atom is 0.345 e. The molecule has 0 aromatic carbocycles. The zero-order valence-corrected chi connectivity index (χ0v) is 14.6. The van der Waals surface area contributed by atoms with Gasteiger partial charge in [0.05, 0.1) is 0 Å². The second-order valence-electron chi connectivity index (χ2n) is 6.17. The number of carbonyl (C=O) groups excluding carboxylic acids is 1. The predicted octanol–water partition coefficient (Wildman–Crippen LogP) is 1.77. The molecule has 0 bridgehead atoms. The Morgan fingerprint density at radius 2 is 2.08 bits per heavy atom. The van der Waals surface area contributed by atoms with Crippen molar-refractivity contribution in [2.45, 2.75) is 53.0 Å². The molecule has 0 fully saturated rings. The highest BCUT2D eigenvalue weighted by Crippen LogP contribution is 2.10. The molecule has 1 amide bonds. The van der Waals surface area contributed by atoms with Crippen molar-refractivity contribution >= 4 is 5.91 Å². The third-order valence-corrected chi connectivity index (χ3v) is 4.08. The highest BCUT2D eigenvalue weighted by Gasteiger charge is 2.12. The number of nitrogens with zero attached hydrogens (tertiary/aromatic N) is 2. The van der Waals surface area contributed by atoms with Gasteiger partial charge in [-0.3, -0.25) is 9.78 Å². The van der Waals surface area contributed by atoms with E-state index in [9.17, 15) is 9.59 Å². The Morgan fingerprint density at radius 1 is 1.33 bits per heavy atom. The third-order valence-electron chi connectivity index (χ3n) is 4.08. The summed E-state index contributed by atoms with van der Waals surface area (Å²) in [6.07, 6.45) is 3.39. The number of pyridine rings is 1. The topological polar surface area (TPSA) is 87.7 Å². The van der Waals surface area contributed by atoms with Crippen LogP contribution in [0.15, 0.2) is 23.1 Å². The highest BCUT2D eigenvalue weighted by atomic mass is 16.1. The lowest BCUT2D eigenvalue weighted by atomic mass is 10.1. The van der Waals surface area contributed by atoms with Gasteiger partial charge in [-0.15, -0.1) is 0 Å². The lowest BCUT2D eigenvalue weighted by molar-refractivity contribution is -0.121. The minimum atomic E-state index is -0.349. The van der Waals surface area contributed by atoms with E-state index in [1.807, 2.05) is 32.9 Å². The monoisotopic (exact) mass is 328 g/mol. The Bertz CT molecular complexity index is 757. The van der Waals surface area contributed by atoms with Crippen molar-refractivity contribution in [1.82, 2.24) is 20.3 Å². The Hall–Kier alpha value is -2.50. The molecule has 2 aromatic rings. The third kappa shape index (κ3) is 4.75. The molecule has 0 aliphatic rings. The van der Waals surface area contributed by atoms with Gasteiger partial charge in [0.1, 0.15) is 0 Å². The number of aryl methyl sites for hydroxylation is 3. The van der Waals surface area contributed by atoms with Gasteiger partial charge < -0.3 is 10.3 Å². The average molecular weight is 328 g/mol. The van der Waals surface area contributed by atoms with Gasteiger partial charge in [-0.25, -0.2) is 4.79 Å². The first-order chi connectivity index (χ1) is 11.4. The van der Waals surface area contributed by atoms with Gasteiger partial charge >= 0.3 is 5.69 Å². The highest BCUT2D eigenvalue weighted by molar-refractivity contribution is 5.76. The Morgan fingerprint density at radius 3 is 2.75 bits per heavy atom. The van der Waals surface area contributed by atoms with Crippen LogP contribution in [0.25, 0.3) is 0 Å². The quantitative estimate of drug-likeness (QED) is 0.846. The van der Waals surface area contributed by atoms with Crippen LogP contribution in [0.1, 0.15) is 41.6 Å². The van der Waals surface area contributed by atoms with Crippen molar-refractivity contribution in [3.8, 4) is 0 Å². The number of hydrogen-bond donors (Lipinski definition) is 2. The molecule has 2 rings (SSSR count). The molecule has 128 valence electrons. The largest absolute Gasteiger partial charge is 0.353 e. The van der Waals surface area contributed by atoms with E-state index >= 15 is 0 Å². The van der Waals surface area contributed by atoms with Crippen LogP contribution in [0.4, 0.5) is 0 Å². The number of rotatable bonds is 6. The minimum Gasteiger partial charge on any atom is -0.353 e. The number of aromatic amines is 1. The van der Waals surface area contributed by atoms with Crippen LogP contribution in [0.3, 0.4) is 0 Å². The SMILES string of the molecule is Cc1cccnc1C[C@H](C)NC(=O)CCc1c(C)nc(=O)[nH]c1C. The van der Waals surface area contributed by atoms with Gasteiger partial charge in [0.2, 0.25) is 5.91 Å². The molecule has 1 atom stereocenters. The molecule has 0 radical (unpaired) electrons. The van der Waals surface area contributed by atoms with E-state index in [-0.39, 0.29) is 17.6 Å². The molecule has 2 heterocycles. The van der Waals surface area contributed by atoms with Crippen molar-refractivity contribution in [3.63, 3.8) is 0 Å². The fraction of sp³-hybridized carbons (Fsp3) is 0.444. The summed E-state index contributed by atoms with van der Waals surface area (Å²) in [5.74, 6) is -0.0129.